The Kier molecular flexibility index (Phi) is 5.19. The van der Waals surface area contributed by atoms with Crippen molar-refractivity contribution in [2.75, 3.05) is 19.6 Å². The number of halogens is 1. The minimum absolute atomic E-state index is 0. The van der Waals surface area contributed by atoms with Crippen molar-refractivity contribution in [1.82, 2.24) is 15.2 Å². The summed E-state index contributed by atoms with van der Waals surface area (Å²) in [4.78, 5) is 6.89. The lowest BCUT2D eigenvalue weighted by Gasteiger charge is -2.31. The molecule has 1 fully saturated rings. The van der Waals surface area contributed by atoms with Gasteiger partial charge in [-0.2, -0.15) is 0 Å². The summed E-state index contributed by atoms with van der Waals surface area (Å²) in [5, 5.41) is 3.44. The number of hydrogen-bond donors (Lipinski definition) is 1. The molecule has 4 heteroatoms. The van der Waals surface area contributed by atoms with Gasteiger partial charge in [-0.25, -0.2) is 0 Å². The van der Waals surface area contributed by atoms with Gasteiger partial charge in [0.15, 0.2) is 0 Å². The standard InChI is InChI=1S/C12H19N3.ClH/c1-10-3-4-12(14-7-10)9-15-6-5-13-11(2)8-15;/h3-4,7,11,13H,5-6,8-9H2,1-2H3;1H/t11-;/m0./s1. The van der Waals surface area contributed by atoms with Crippen LogP contribution in [0.15, 0.2) is 18.3 Å². The zero-order valence-electron chi connectivity index (χ0n) is 9.94. The first-order chi connectivity index (χ1) is 7.24. The third-order valence-electron chi connectivity index (χ3n) is 2.81. The minimum atomic E-state index is 0. The van der Waals surface area contributed by atoms with Gasteiger partial charge in [0, 0.05) is 38.4 Å². The van der Waals surface area contributed by atoms with Crippen LogP contribution in [0.2, 0.25) is 0 Å². The second kappa shape index (κ2) is 6.18. The number of aryl methyl sites for hydroxylation is 1. The van der Waals surface area contributed by atoms with Gasteiger partial charge in [-0.3, -0.25) is 9.88 Å². The highest BCUT2D eigenvalue weighted by atomic mass is 35.5. The van der Waals surface area contributed by atoms with Gasteiger partial charge in [-0.05, 0) is 25.5 Å². The second-order valence-corrected chi connectivity index (χ2v) is 4.42. The number of aromatic nitrogens is 1. The summed E-state index contributed by atoms with van der Waals surface area (Å²) in [5.74, 6) is 0. The van der Waals surface area contributed by atoms with Crippen LogP contribution in [-0.2, 0) is 6.54 Å². The highest BCUT2D eigenvalue weighted by Gasteiger charge is 2.15. The summed E-state index contributed by atoms with van der Waals surface area (Å²) >= 11 is 0. The molecule has 1 aromatic rings. The van der Waals surface area contributed by atoms with E-state index in [4.69, 9.17) is 0 Å². The van der Waals surface area contributed by atoms with E-state index in [-0.39, 0.29) is 12.4 Å². The van der Waals surface area contributed by atoms with E-state index in [0.717, 1.165) is 26.2 Å². The van der Waals surface area contributed by atoms with Crippen LogP contribution < -0.4 is 5.32 Å². The van der Waals surface area contributed by atoms with Gasteiger partial charge < -0.3 is 5.32 Å². The number of piperazine rings is 1. The maximum absolute atomic E-state index is 4.44. The van der Waals surface area contributed by atoms with Gasteiger partial charge in [0.2, 0.25) is 0 Å². The molecule has 1 saturated heterocycles. The molecule has 0 amide bonds. The summed E-state index contributed by atoms with van der Waals surface area (Å²) < 4.78 is 0. The van der Waals surface area contributed by atoms with E-state index in [1.807, 2.05) is 6.20 Å². The molecule has 2 rings (SSSR count). The van der Waals surface area contributed by atoms with Crippen molar-refractivity contribution in [2.45, 2.75) is 26.4 Å². The fourth-order valence-electron chi connectivity index (χ4n) is 1.98. The largest absolute Gasteiger partial charge is 0.312 e. The molecule has 0 aliphatic carbocycles. The van der Waals surface area contributed by atoms with Crippen LogP contribution in [0.1, 0.15) is 18.2 Å². The predicted molar refractivity (Wildman–Crippen MR) is 69.0 cm³/mol. The summed E-state index contributed by atoms with van der Waals surface area (Å²) in [6.45, 7) is 8.62. The molecule has 0 spiro atoms. The first-order valence-corrected chi connectivity index (χ1v) is 5.61. The molecule has 16 heavy (non-hydrogen) atoms. The quantitative estimate of drug-likeness (QED) is 0.853. The molecule has 0 saturated carbocycles. The van der Waals surface area contributed by atoms with Crippen LogP contribution in [0.5, 0.6) is 0 Å². The number of nitrogens with one attached hydrogen (secondary N) is 1. The summed E-state index contributed by atoms with van der Waals surface area (Å²) in [6, 6.07) is 4.86. The smallest absolute Gasteiger partial charge is 0.0544 e. The van der Waals surface area contributed by atoms with Crippen molar-refractivity contribution in [2.24, 2.45) is 0 Å². The van der Waals surface area contributed by atoms with Gasteiger partial charge in [0.25, 0.3) is 0 Å². The summed E-state index contributed by atoms with van der Waals surface area (Å²) in [6.07, 6.45) is 1.95. The van der Waals surface area contributed by atoms with Crippen molar-refractivity contribution in [3.63, 3.8) is 0 Å². The lowest BCUT2D eigenvalue weighted by atomic mass is 10.2. The van der Waals surface area contributed by atoms with E-state index in [0.29, 0.717) is 6.04 Å². The summed E-state index contributed by atoms with van der Waals surface area (Å²) in [5.41, 5.74) is 2.40. The molecule has 0 unspecified atom stereocenters. The average molecular weight is 242 g/mol. The van der Waals surface area contributed by atoms with Crippen molar-refractivity contribution in [3.8, 4) is 0 Å². The predicted octanol–water partition coefficient (Wildman–Crippen LogP) is 1.61. The third kappa shape index (κ3) is 3.74. The van der Waals surface area contributed by atoms with E-state index in [2.05, 4.69) is 41.2 Å². The van der Waals surface area contributed by atoms with Crippen LogP contribution in [-0.4, -0.2) is 35.6 Å². The van der Waals surface area contributed by atoms with Crippen LogP contribution in [0.3, 0.4) is 0 Å². The molecule has 1 atom stereocenters. The highest BCUT2D eigenvalue weighted by Crippen LogP contribution is 2.06. The van der Waals surface area contributed by atoms with E-state index in [1.165, 1.54) is 11.3 Å². The molecule has 0 aromatic carbocycles. The van der Waals surface area contributed by atoms with Gasteiger partial charge >= 0.3 is 0 Å². The first kappa shape index (κ1) is 13.4. The van der Waals surface area contributed by atoms with Crippen LogP contribution in [0.4, 0.5) is 0 Å². The van der Waals surface area contributed by atoms with Crippen LogP contribution in [0.25, 0.3) is 0 Å². The van der Waals surface area contributed by atoms with Gasteiger partial charge in [0.1, 0.15) is 0 Å². The Morgan fingerprint density at radius 3 is 2.94 bits per heavy atom. The molecular weight excluding hydrogens is 222 g/mol. The maximum atomic E-state index is 4.44. The molecule has 0 bridgehead atoms. The summed E-state index contributed by atoms with van der Waals surface area (Å²) in [7, 11) is 0. The number of rotatable bonds is 2. The van der Waals surface area contributed by atoms with Gasteiger partial charge in [-0.1, -0.05) is 6.07 Å². The Balaban J connectivity index is 0.00000128. The fourth-order valence-corrected chi connectivity index (χ4v) is 1.98. The van der Waals surface area contributed by atoms with E-state index in [1.54, 1.807) is 0 Å². The lowest BCUT2D eigenvalue weighted by molar-refractivity contribution is 0.197. The Bertz CT molecular complexity index is 313. The SMILES string of the molecule is Cc1ccc(CN2CCN[C@@H](C)C2)nc1.Cl. The monoisotopic (exact) mass is 241 g/mol. The maximum Gasteiger partial charge on any atom is 0.0544 e. The molecule has 1 aliphatic rings. The Labute approximate surface area is 104 Å². The average Bonchev–Trinajstić information content (AvgIpc) is 2.22. The Morgan fingerprint density at radius 1 is 1.50 bits per heavy atom. The van der Waals surface area contributed by atoms with Crippen molar-refractivity contribution >= 4 is 12.4 Å². The molecule has 2 heterocycles. The van der Waals surface area contributed by atoms with Gasteiger partial charge in [0.05, 0.1) is 5.69 Å². The number of pyridine rings is 1. The third-order valence-corrected chi connectivity index (χ3v) is 2.81. The van der Waals surface area contributed by atoms with E-state index in [9.17, 15) is 0 Å². The second-order valence-electron chi connectivity index (χ2n) is 4.42. The van der Waals surface area contributed by atoms with Crippen molar-refractivity contribution in [3.05, 3.63) is 29.6 Å². The van der Waals surface area contributed by atoms with Gasteiger partial charge in [-0.15, -0.1) is 12.4 Å². The van der Waals surface area contributed by atoms with E-state index < -0.39 is 0 Å². The van der Waals surface area contributed by atoms with Crippen molar-refractivity contribution in [1.29, 1.82) is 0 Å². The zero-order chi connectivity index (χ0) is 10.7. The normalized spacial score (nSPS) is 21.5. The molecule has 1 N–H and O–H groups in total. The highest BCUT2D eigenvalue weighted by molar-refractivity contribution is 5.85. The molecule has 1 aromatic heterocycles. The Hall–Kier alpha value is -0.640. The van der Waals surface area contributed by atoms with Crippen molar-refractivity contribution < 1.29 is 0 Å². The van der Waals surface area contributed by atoms with Crippen LogP contribution >= 0.6 is 12.4 Å². The topological polar surface area (TPSA) is 28.2 Å². The molecule has 3 nitrogen and oxygen atoms in total. The lowest BCUT2D eigenvalue weighted by Crippen LogP contribution is -2.48. The first-order valence-electron chi connectivity index (χ1n) is 5.61. The molecule has 0 radical (unpaired) electrons. The minimum Gasteiger partial charge on any atom is -0.312 e. The molecule has 90 valence electrons. The van der Waals surface area contributed by atoms with E-state index >= 15 is 0 Å². The number of hydrogen-bond acceptors (Lipinski definition) is 3. The molecular formula is C12H20ClN3. The van der Waals surface area contributed by atoms with Crippen LogP contribution in [0, 0.1) is 6.92 Å². The molecule has 1 aliphatic heterocycles. The fraction of sp³-hybridized carbons (Fsp3) is 0.583. The number of nitrogens with zero attached hydrogens (tertiary/aromatic N) is 2. The zero-order valence-corrected chi connectivity index (χ0v) is 10.8. The Morgan fingerprint density at radius 2 is 2.31 bits per heavy atom.